The van der Waals surface area contributed by atoms with Crippen molar-refractivity contribution in [3.8, 4) is 11.5 Å². The van der Waals surface area contributed by atoms with Gasteiger partial charge in [0.2, 0.25) is 21.8 Å². The normalized spacial score (nSPS) is 12.4. The molecule has 0 bridgehead atoms. The number of nitrogens with one attached hydrogen (secondary N) is 1. The van der Waals surface area contributed by atoms with Crippen molar-refractivity contribution in [2.75, 3.05) is 31.3 Å². The molecule has 9 nitrogen and oxygen atoms in total. The van der Waals surface area contributed by atoms with E-state index in [2.05, 4.69) is 5.32 Å². The minimum atomic E-state index is -3.89. The molecule has 2 amide bonds. The van der Waals surface area contributed by atoms with E-state index < -0.39 is 34.1 Å². The summed E-state index contributed by atoms with van der Waals surface area (Å²) in [6.45, 7) is 7.05. The van der Waals surface area contributed by atoms with Crippen molar-refractivity contribution < 1.29 is 27.5 Å². The second kappa shape index (κ2) is 12.1. The highest BCUT2D eigenvalue weighted by Gasteiger charge is 2.33. The summed E-state index contributed by atoms with van der Waals surface area (Å²) in [5, 5.41) is 2.94. The number of benzene rings is 2. The fourth-order valence-electron chi connectivity index (χ4n) is 3.74. The molecule has 2 aromatic rings. The van der Waals surface area contributed by atoms with Gasteiger partial charge in [0, 0.05) is 18.2 Å². The Labute approximate surface area is 214 Å². The molecular weight excluding hydrogens is 482 g/mol. The van der Waals surface area contributed by atoms with Crippen molar-refractivity contribution in [3.05, 3.63) is 54.1 Å². The molecule has 1 unspecified atom stereocenters. The summed E-state index contributed by atoms with van der Waals surface area (Å²) in [4.78, 5) is 28.4. The van der Waals surface area contributed by atoms with E-state index in [0.29, 0.717) is 12.2 Å². The van der Waals surface area contributed by atoms with Crippen LogP contribution in [0, 0.1) is 0 Å². The van der Waals surface area contributed by atoms with Gasteiger partial charge >= 0.3 is 0 Å². The van der Waals surface area contributed by atoms with Crippen molar-refractivity contribution in [2.45, 2.75) is 52.2 Å². The Kier molecular flexibility index (Phi) is 9.75. The molecule has 0 radical (unpaired) electrons. The lowest BCUT2D eigenvalue weighted by Crippen LogP contribution is -2.55. The van der Waals surface area contributed by atoms with Crippen molar-refractivity contribution in [3.63, 3.8) is 0 Å². The lowest BCUT2D eigenvalue weighted by molar-refractivity contribution is -0.141. The molecule has 0 aliphatic rings. The fourth-order valence-corrected chi connectivity index (χ4v) is 4.59. The molecule has 10 heteroatoms. The molecule has 0 saturated heterocycles. The minimum Gasteiger partial charge on any atom is -0.497 e. The van der Waals surface area contributed by atoms with E-state index in [1.165, 1.54) is 25.2 Å². The first kappa shape index (κ1) is 29.0. The predicted molar refractivity (Wildman–Crippen MR) is 141 cm³/mol. The predicted octanol–water partition coefficient (Wildman–Crippen LogP) is 3.19. The van der Waals surface area contributed by atoms with Gasteiger partial charge in [0.15, 0.2) is 0 Å². The summed E-state index contributed by atoms with van der Waals surface area (Å²) >= 11 is 0. The Morgan fingerprint density at radius 3 is 2.17 bits per heavy atom. The molecule has 0 heterocycles. The number of rotatable bonds is 11. The zero-order valence-corrected chi connectivity index (χ0v) is 22.9. The molecule has 1 atom stereocenters. The van der Waals surface area contributed by atoms with Gasteiger partial charge in [-0.1, -0.05) is 37.3 Å². The van der Waals surface area contributed by atoms with Crippen molar-refractivity contribution in [1.82, 2.24) is 10.2 Å². The van der Waals surface area contributed by atoms with E-state index in [1.54, 1.807) is 12.1 Å². The Hall–Kier alpha value is -3.27. The summed E-state index contributed by atoms with van der Waals surface area (Å²) in [5.41, 5.74) is 0.517. The standard InChI is InChI=1S/C26H37N3O6S/c1-8-21(25(31)27-26(2,3)4)28(17-19-12-10-9-11-13-19)24(30)18-29(36(7,32)33)22-15-14-20(34-5)16-23(22)35-6/h9-16,21H,8,17-18H2,1-7H3,(H,27,31). The number of carbonyl (C=O) groups excluding carboxylic acids is 2. The number of ether oxygens (including phenoxy) is 2. The third kappa shape index (κ3) is 7.87. The average Bonchev–Trinajstić information content (AvgIpc) is 2.80. The maximum atomic E-state index is 13.7. The van der Waals surface area contributed by atoms with E-state index in [4.69, 9.17) is 9.47 Å². The first-order valence-electron chi connectivity index (χ1n) is 11.7. The lowest BCUT2D eigenvalue weighted by atomic mass is 10.1. The van der Waals surface area contributed by atoms with Crippen molar-refractivity contribution in [2.24, 2.45) is 0 Å². The second-order valence-corrected chi connectivity index (χ2v) is 11.4. The number of amides is 2. The molecule has 0 spiro atoms. The Morgan fingerprint density at radius 2 is 1.67 bits per heavy atom. The van der Waals surface area contributed by atoms with Crippen molar-refractivity contribution in [1.29, 1.82) is 0 Å². The topological polar surface area (TPSA) is 105 Å². The first-order chi connectivity index (χ1) is 16.8. The third-order valence-corrected chi connectivity index (χ3v) is 6.54. The highest BCUT2D eigenvalue weighted by molar-refractivity contribution is 7.92. The van der Waals surface area contributed by atoms with Crippen LogP contribution in [-0.4, -0.2) is 63.7 Å². The van der Waals surface area contributed by atoms with Crippen LogP contribution in [0.2, 0.25) is 0 Å². The van der Waals surface area contributed by atoms with E-state index >= 15 is 0 Å². The first-order valence-corrected chi connectivity index (χ1v) is 13.5. The molecule has 198 valence electrons. The van der Waals surface area contributed by atoms with Crippen LogP contribution < -0.4 is 19.1 Å². The largest absolute Gasteiger partial charge is 0.497 e. The third-order valence-electron chi connectivity index (χ3n) is 5.41. The summed E-state index contributed by atoms with van der Waals surface area (Å²) in [6, 6.07) is 13.1. The van der Waals surface area contributed by atoms with E-state index in [1.807, 2.05) is 58.0 Å². The molecule has 0 aliphatic carbocycles. The van der Waals surface area contributed by atoms with Crippen LogP contribution in [0.15, 0.2) is 48.5 Å². The van der Waals surface area contributed by atoms with Gasteiger partial charge in [0.1, 0.15) is 24.1 Å². The zero-order chi connectivity index (χ0) is 27.1. The van der Waals surface area contributed by atoms with Crippen LogP contribution in [0.4, 0.5) is 5.69 Å². The number of carbonyl (C=O) groups is 2. The quantitative estimate of drug-likeness (QED) is 0.489. The summed E-state index contributed by atoms with van der Waals surface area (Å²) in [5.74, 6) is -0.106. The average molecular weight is 520 g/mol. The Balaban J connectivity index is 2.50. The highest BCUT2D eigenvalue weighted by Crippen LogP contribution is 2.33. The number of methoxy groups -OCH3 is 2. The van der Waals surface area contributed by atoms with Gasteiger partial charge in [-0.25, -0.2) is 8.42 Å². The van der Waals surface area contributed by atoms with E-state index in [0.717, 1.165) is 16.1 Å². The number of sulfonamides is 1. The SMILES string of the molecule is CCC(C(=O)NC(C)(C)C)N(Cc1ccccc1)C(=O)CN(c1ccc(OC)cc1OC)S(C)(=O)=O. The monoisotopic (exact) mass is 519 g/mol. The maximum absolute atomic E-state index is 13.7. The summed E-state index contributed by atoms with van der Waals surface area (Å²) < 4.78 is 37.2. The molecule has 0 fully saturated rings. The van der Waals surface area contributed by atoms with Gasteiger partial charge in [-0.3, -0.25) is 13.9 Å². The van der Waals surface area contributed by atoms with Crippen LogP contribution in [-0.2, 0) is 26.2 Å². The molecule has 2 rings (SSSR count). The molecule has 0 aliphatic heterocycles. The number of hydrogen-bond donors (Lipinski definition) is 1. The van der Waals surface area contributed by atoms with E-state index in [9.17, 15) is 18.0 Å². The van der Waals surface area contributed by atoms with Crippen LogP contribution in [0.5, 0.6) is 11.5 Å². The molecule has 36 heavy (non-hydrogen) atoms. The summed E-state index contributed by atoms with van der Waals surface area (Å²) in [7, 11) is -0.992. The lowest BCUT2D eigenvalue weighted by Gasteiger charge is -2.34. The van der Waals surface area contributed by atoms with Gasteiger partial charge in [-0.15, -0.1) is 0 Å². The molecular formula is C26H37N3O6S. The van der Waals surface area contributed by atoms with Crippen LogP contribution in [0.3, 0.4) is 0 Å². The molecule has 0 saturated carbocycles. The maximum Gasteiger partial charge on any atom is 0.244 e. The van der Waals surface area contributed by atoms with Crippen LogP contribution in [0.1, 0.15) is 39.7 Å². The number of anilines is 1. The fraction of sp³-hybridized carbons (Fsp3) is 0.462. The Morgan fingerprint density at radius 1 is 1.03 bits per heavy atom. The highest BCUT2D eigenvalue weighted by atomic mass is 32.2. The number of hydrogen-bond acceptors (Lipinski definition) is 6. The minimum absolute atomic E-state index is 0.146. The van der Waals surface area contributed by atoms with Gasteiger partial charge in [-0.05, 0) is 44.9 Å². The molecule has 0 aromatic heterocycles. The smallest absolute Gasteiger partial charge is 0.244 e. The van der Waals surface area contributed by atoms with Gasteiger partial charge in [0.25, 0.3) is 0 Å². The van der Waals surface area contributed by atoms with Gasteiger partial charge in [0.05, 0.1) is 26.2 Å². The number of nitrogens with zero attached hydrogens (tertiary/aromatic N) is 2. The summed E-state index contributed by atoms with van der Waals surface area (Å²) in [6.07, 6.45) is 1.38. The zero-order valence-electron chi connectivity index (χ0n) is 22.1. The van der Waals surface area contributed by atoms with Crippen molar-refractivity contribution >= 4 is 27.5 Å². The molecule has 2 aromatic carbocycles. The van der Waals surface area contributed by atoms with E-state index in [-0.39, 0.29) is 23.9 Å². The van der Waals surface area contributed by atoms with Crippen LogP contribution in [0.25, 0.3) is 0 Å². The van der Waals surface area contributed by atoms with Gasteiger partial charge < -0.3 is 19.7 Å². The second-order valence-electron chi connectivity index (χ2n) is 9.48. The molecule has 1 N–H and O–H groups in total. The van der Waals surface area contributed by atoms with Gasteiger partial charge in [-0.2, -0.15) is 0 Å². The van der Waals surface area contributed by atoms with Crippen LogP contribution >= 0.6 is 0 Å². The Bertz CT molecular complexity index is 1150.